The van der Waals surface area contributed by atoms with Gasteiger partial charge in [0.05, 0.1) is 17.2 Å². The van der Waals surface area contributed by atoms with Crippen LogP contribution < -0.4 is 5.32 Å². The molecule has 1 aliphatic heterocycles. The maximum atomic E-state index is 11.6. The van der Waals surface area contributed by atoms with E-state index < -0.39 is 8.07 Å². The van der Waals surface area contributed by atoms with Crippen LogP contribution in [0.25, 0.3) is 11.0 Å². The van der Waals surface area contributed by atoms with Crippen molar-refractivity contribution < 1.29 is 9.53 Å². The molecule has 26 heavy (non-hydrogen) atoms. The quantitative estimate of drug-likeness (QED) is 0.442. The number of nitrogens with zero attached hydrogens (tertiary/aromatic N) is 3. The molecule has 0 aromatic carbocycles. The second kappa shape index (κ2) is 7.66. The summed E-state index contributed by atoms with van der Waals surface area (Å²) < 4.78 is 8.06. The smallest absolute Gasteiger partial charge is 0.220 e. The highest BCUT2D eigenvalue weighted by molar-refractivity contribution is 6.76. The highest BCUT2D eigenvalue weighted by Crippen LogP contribution is 2.31. The van der Waals surface area contributed by atoms with Crippen molar-refractivity contribution in [2.75, 3.05) is 13.2 Å². The summed E-state index contributed by atoms with van der Waals surface area (Å²) in [5, 5.41) is 3.34. The number of pyridine rings is 1. The van der Waals surface area contributed by atoms with Crippen LogP contribution in [0.4, 0.5) is 0 Å². The molecule has 0 radical (unpaired) electrons. The average molecular weight is 395 g/mol. The van der Waals surface area contributed by atoms with E-state index in [4.69, 9.17) is 21.3 Å². The Kier molecular flexibility index (Phi) is 5.69. The van der Waals surface area contributed by atoms with Crippen molar-refractivity contribution in [3.8, 4) is 0 Å². The van der Waals surface area contributed by atoms with Gasteiger partial charge in [-0.2, -0.15) is 0 Å². The predicted octanol–water partition coefficient (Wildman–Crippen LogP) is 3.64. The van der Waals surface area contributed by atoms with E-state index in [1.807, 2.05) is 0 Å². The molecule has 0 spiro atoms. The van der Waals surface area contributed by atoms with E-state index in [-0.39, 0.29) is 17.7 Å². The highest BCUT2D eigenvalue weighted by atomic mass is 35.5. The van der Waals surface area contributed by atoms with Crippen LogP contribution in [0.15, 0.2) is 12.3 Å². The number of fused-ring (bicyclic) bond motifs is 1. The molecule has 0 bridgehead atoms. The number of ether oxygens (including phenoxy) is 1. The third kappa shape index (κ3) is 4.45. The standard InChI is InChI=1S/C18H27ClN4O2Si/c1-12(13-7-17(24)21-9-13)18-22-14-8-16(19)20-10-15(14)23(18)11-25-5-6-26(2,3)4/h8,10,12-13H,5-7,9,11H2,1-4H3,(H,21,24)/t12-,13+/m1/s1. The van der Waals surface area contributed by atoms with E-state index in [9.17, 15) is 4.79 Å². The van der Waals surface area contributed by atoms with Crippen molar-refractivity contribution in [3.63, 3.8) is 0 Å². The van der Waals surface area contributed by atoms with Gasteiger partial charge in [-0.1, -0.05) is 38.2 Å². The summed E-state index contributed by atoms with van der Waals surface area (Å²) in [5.41, 5.74) is 1.74. The fourth-order valence-corrected chi connectivity index (χ4v) is 4.14. The van der Waals surface area contributed by atoms with Crippen molar-refractivity contribution in [1.82, 2.24) is 19.9 Å². The second-order valence-corrected chi connectivity index (χ2v) is 14.3. The monoisotopic (exact) mass is 394 g/mol. The molecule has 2 aromatic rings. The number of hydrogen-bond acceptors (Lipinski definition) is 4. The molecule has 1 amide bonds. The van der Waals surface area contributed by atoms with Crippen LogP contribution in [-0.4, -0.2) is 41.7 Å². The van der Waals surface area contributed by atoms with Gasteiger partial charge >= 0.3 is 0 Å². The first-order chi connectivity index (χ1) is 12.2. The molecule has 142 valence electrons. The Bertz CT molecular complexity index is 802. The van der Waals surface area contributed by atoms with Gasteiger partial charge in [0.15, 0.2) is 0 Å². The zero-order valence-corrected chi connectivity index (χ0v) is 17.6. The van der Waals surface area contributed by atoms with Gasteiger partial charge in [0.2, 0.25) is 5.91 Å². The molecule has 3 heterocycles. The summed E-state index contributed by atoms with van der Waals surface area (Å²) in [5.74, 6) is 1.42. The Labute approximate surface area is 160 Å². The molecule has 8 heteroatoms. The largest absolute Gasteiger partial charge is 0.361 e. The third-order valence-electron chi connectivity index (χ3n) is 4.97. The zero-order valence-electron chi connectivity index (χ0n) is 15.9. The van der Waals surface area contributed by atoms with Crippen LogP contribution in [0.5, 0.6) is 0 Å². The predicted molar refractivity (Wildman–Crippen MR) is 106 cm³/mol. The molecule has 1 fully saturated rings. The zero-order chi connectivity index (χ0) is 18.9. The number of aromatic nitrogens is 3. The van der Waals surface area contributed by atoms with E-state index in [0.717, 1.165) is 29.5 Å². The number of halogens is 1. The first kappa shape index (κ1) is 19.3. The van der Waals surface area contributed by atoms with Crippen LogP contribution in [0.2, 0.25) is 30.8 Å². The second-order valence-electron chi connectivity index (χ2n) is 8.30. The number of rotatable bonds is 7. The van der Waals surface area contributed by atoms with E-state index in [1.165, 1.54) is 0 Å². The Morgan fingerprint density at radius 2 is 2.23 bits per heavy atom. The van der Waals surface area contributed by atoms with Crippen molar-refractivity contribution in [1.29, 1.82) is 0 Å². The lowest BCUT2D eigenvalue weighted by atomic mass is 9.92. The molecular weight excluding hydrogens is 368 g/mol. The molecule has 0 saturated carbocycles. The van der Waals surface area contributed by atoms with Gasteiger partial charge < -0.3 is 14.6 Å². The van der Waals surface area contributed by atoms with Crippen LogP contribution >= 0.6 is 11.6 Å². The molecule has 1 saturated heterocycles. The van der Waals surface area contributed by atoms with Crippen molar-refractivity contribution in [2.45, 2.75) is 51.7 Å². The SMILES string of the molecule is C[C@@H](c1nc2cc(Cl)ncc2n1COCC[Si](C)(C)C)[C@@H]1CNC(=O)C1. The van der Waals surface area contributed by atoms with E-state index in [0.29, 0.717) is 24.8 Å². The maximum absolute atomic E-state index is 11.6. The fourth-order valence-electron chi connectivity index (χ4n) is 3.23. The molecule has 2 aromatic heterocycles. The van der Waals surface area contributed by atoms with Crippen LogP contribution in [0.3, 0.4) is 0 Å². The van der Waals surface area contributed by atoms with Gasteiger partial charge in [-0.25, -0.2) is 9.97 Å². The lowest BCUT2D eigenvalue weighted by Gasteiger charge is -2.20. The van der Waals surface area contributed by atoms with Gasteiger partial charge in [0.25, 0.3) is 0 Å². The number of nitrogens with one attached hydrogen (secondary N) is 1. The third-order valence-corrected chi connectivity index (χ3v) is 6.88. The Hall–Kier alpha value is -1.44. The summed E-state index contributed by atoms with van der Waals surface area (Å²) in [4.78, 5) is 20.6. The number of amides is 1. The van der Waals surface area contributed by atoms with Crippen LogP contribution in [0.1, 0.15) is 25.1 Å². The van der Waals surface area contributed by atoms with Gasteiger partial charge in [-0.15, -0.1) is 0 Å². The first-order valence-electron chi connectivity index (χ1n) is 9.11. The first-order valence-corrected chi connectivity index (χ1v) is 13.2. The molecular formula is C18H27ClN4O2Si. The summed E-state index contributed by atoms with van der Waals surface area (Å²) in [6, 6.07) is 2.90. The van der Waals surface area contributed by atoms with Crippen molar-refractivity contribution in [2.24, 2.45) is 5.92 Å². The average Bonchev–Trinajstić information content (AvgIpc) is 3.13. The molecule has 1 N–H and O–H groups in total. The van der Waals surface area contributed by atoms with Crippen LogP contribution in [-0.2, 0) is 16.3 Å². The summed E-state index contributed by atoms with van der Waals surface area (Å²) in [7, 11) is -1.13. The van der Waals surface area contributed by atoms with Crippen LogP contribution in [0, 0.1) is 5.92 Å². The van der Waals surface area contributed by atoms with E-state index in [2.05, 4.69) is 41.4 Å². The number of carbonyl (C=O) groups excluding carboxylic acids is 1. The lowest BCUT2D eigenvalue weighted by molar-refractivity contribution is -0.119. The number of hydrogen-bond donors (Lipinski definition) is 1. The molecule has 0 aliphatic carbocycles. The minimum Gasteiger partial charge on any atom is -0.361 e. The molecule has 1 aliphatic rings. The Morgan fingerprint density at radius 1 is 1.46 bits per heavy atom. The summed E-state index contributed by atoms with van der Waals surface area (Å²) >= 11 is 6.04. The Morgan fingerprint density at radius 3 is 2.88 bits per heavy atom. The summed E-state index contributed by atoms with van der Waals surface area (Å²) in [6.07, 6.45) is 2.29. The minimum atomic E-state index is -1.13. The fraction of sp³-hybridized carbons (Fsp3) is 0.611. The summed E-state index contributed by atoms with van der Waals surface area (Å²) in [6.45, 7) is 11.0. The van der Waals surface area contributed by atoms with Gasteiger partial charge in [0, 0.05) is 39.6 Å². The number of carbonyl (C=O) groups is 1. The van der Waals surface area contributed by atoms with Gasteiger partial charge in [-0.05, 0) is 12.0 Å². The van der Waals surface area contributed by atoms with Crippen molar-refractivity contribution in [3.05, 3.63) is 23.2 Å². The topological polar surface area (TPSA) is 69.0 Å². The molecule has 3 rings (SSSR count). The lowest BCUT2D eigenvalue weighted by Crippen LogP contribution is -2.23. The minimum absolute atomic E-state index is 0.112. The van der Waals surface area contributed by atoms with Crippen molar-refractivity contribution >= 4 is 36.6 Å². The van der Waals surface area contributed by atoms with E-state index >= 15 is 0 Å². The van der Waals surface area contributed by atoms with Gasteiger partial charge in [0.1, 0.15) is 17.7 Å². The highest BCUT2D eigenvalue weighted by Gasteiger charge is 2.31. The molecule has 6 nitrogen and oxygen atoms in total. The molecule has 2 atom stereocenters. The van der Waals surface area contributed by atoms with Gasteiger partial charge in [-0.3, -0.25) is 4.79 Å². The van der Waals surface area contributed by atoms with E-state index in [1.54, 1.807) is 12.3 Å². The normalized spacial score (nSPS) is 19.1. The molecule has 0 unspecified atom stereocenters. The maximum Gasteiger partial charge on any atom is 0.220 e. The Balaban J connectivity index is 1.84. The number of imidazole rings is 1.